The summed E-state index contributed by atoms with van der Waals surface area (Å²) in [6.07, 6.45) is 12.7. The predicted octanol–water partition coefficient (Wildman–Crippen LogP) is 5.84. The monoisotopic (exact) mass is 440 g/mol. The van der Waals surface area contributed by atoms with Crippen LogP contribution in [0.4, 0.5) is 0 Å². The van der Waals surface area contributed by atoms with E-state index in [0.717, 1.165) is 18.6 Å². The second-order valence-corrected chi connectivity index (χ2v) is 8.35. The number of unbranched alkanes of at least 4 members (excludes halogenated alkanes) is 5. The molecule has 29 heavy (non-hydrogen) atoms. The maximum absolute atomic E-state index is 6.48. The Morgan fingerprint density at radius 1 is 1.21 bits per heavy atom. The van der Waals surface area contributed by atoms with Gasteiger partial charge in [-0.1, -0.05) is 68.3 Å². The maximum Gasteiger partial charge on any atom is 0.215 e. The average molecular weight is 441 g/mol. The lowest BCUT2D eigenvalue weighted by Gasteiger charge is -2.30. The molecule has 2 atom stereocenters. The van der Waals surface area contributed by atoms with E-state index < -0.39 is 5.79 Å². The highest BCUT2D eigenvalue weighted by Gasteiger charge is 2.45. The van der Waals surface area contributed by atoms with E-state index in [1.807, 2.05) is 16.8 Å². The summed E-state index contributed by atoms with van der Waals surface area (Å²) in [5.74, 6) is -0.990. The smallest absolute Gasteiger partial charge is 0.215 e. The Bertz CT molecular complexity index is 742. The lowest BCUT2D eigenvalue weighted by Crippen LogP contribution is -2.34. The summed E-state index contributed by atoms with van der Waals surface area (Å²) in [7, 11) is 0. The van der Waals surface area contributed by atoms with Crippen LogP contribution in [0.2, 0.25) is 10.0 Å². The van der Waals surface area contributed by atoms with Crippen LogP contribution in [-0.2, 0) is 26.5 Å². The molecular formula is C22H30Cl2N2O3. The van der Waals surface area contributed by atoms with Crippen molar-refractivity contribution in [3.05, 3.63) is 52.5 Å². The maximum atomic E-state index is 6.48. The number of benzene rings is 1. The molecule has 7 heteroatoms. The number of aromatic nitrogens is 2. The number of rotatable bonds is 12. The minimum Gasteiger partial charge on any atom is -0.379 e. The second-order valence-electron chi connectivity index (χ2n) is 7.51. The van der Waals surface area contributed by atoms with Crippen LogP contribution in [0.3, 0.4) is 0 Å². The summed E-state index contributed by atoms with van der Waals surface area (Å²) in [6.45, 7) is 4.39. The van der Waals surface area contributed by atoms with Crippen LogP contribution in [0.15, 0.2) is 36.9 Å². The van der Waals surface area contributed by atoms with Gasteiger partial charge in [0.15, 0.2) is 0 Å². The van der Waals surface area contributed by atoms with Gasteiger partial charge in [-0.3, -0.25) is 0 Å². The molecule has 160 valence electrons. The molecule has 1 fully saturated rings. The van der Waals surface area contributed by atoms with Crippen molar-refractivity contribution in [2.45, 2.75) is 63.9 Å². The molecule has 0 unspecified atom stereocenters. The van der Waals surface area contributed by atoms with Crippen molar-refractivity contribution in [2.75, 3.05) is 19.8 Å². The first kappa shape index (κ1) is 22.6. The van der Waals surface area contributed by atoms with Crippen LogP contribution in [0, 0.1) is 0 Å². The number of ether oxygens (including phenoxy) is 3. The van der Waals surface area contributed by atoms with E-state index in [0.29, 0.717) is 29.8 Å². The normalized spacial score (nSPS) is 21.7. The summed E-state index contributed by atoms with van der Waals surface area (Å²) < 4.78 is 20.3. The van der Waals surface area contributed by atoms with E-state index in [2.05, 4.69) is 11.9 Å². The molecule has 0 bridgehead atoms. The zero-order chi connectivity index (χ0) is 20.5. The Labute approximate surface area is 183 Å². The second kappa shape index (κ2) is 11.3. The number of halogens is 2. The Kier molecular flexibility index (Phi) is 8.82. The van der Waals surface area contributed by atoms with E-state index in [-0.39, 0.29) is 6.10 Å². The quantitative estimate of drug-likeness (QED) is 0.389. The molecule has 0 radical (unpaired) electrons. The predicted molar refractivity (Wildman–Crippen MR) is 115 cm³/mol. The molecule has 0 N–H and O–H groups in total. The zero-order valence-electron chi connectivity index (χ0n) is 17.0. The van der Waals surface area contributed by atoms with E-state index in [1.54, 1.807) is 24.7 Å². The molecule has 3 rings (SSSR count). The molecular weight excluding hydrogens is 411 g/mol. The van der Waals surface area contributed by atoms with Gasteiger partial charge in [0.25, 0.3) is 0 Å². The van der Waals surface area contributed by atoms with Gasteiger partial charge >= 0.3 is 0 Å². The third-order valence-corrected chi connectivity index (χ3v) is 5.64. The Balaban J connectivity index is 1.56. The summed E-state index contributed by atoms with van der Waals surface area (Å²) in [5.41, 5.74) is 0.760. The lowest BCUT2D eigenvalue weighted by molar-refractivity contribution is -0.191. The fourth-order valence-electron chi connectivity index (χ4n) is 3.57. The van der Waals surface area contributed by atoms with Crippen LogP contribution >= 0.6 is 23.2 Å². The van der Waals surface area contributed by atoms with E-state index >= 15 is 0 Å². The molecule has 2 heterocycles. The zero-order valence-corrected chi connectivity index (χ0v) is 18.5. The standard InChI is InChI=1S/C22H30Cl2N2O3/c1-2-3-4-5-6-7-12-27-14-19-15-28-22(29-19,16-26-11-10-25-17-26)20-9-8-18(23)13-21(20)24/h8-11,13,17,19H,2-7,12,14-16H2,1H3/t19-,22-/m1/s1. The number of hydrogen-bond acceptors (Lipinski definition) is 4. The largest absolute Gasteiger partial charge is 0.379 e. The van der Waals surface area contributed by atoms with Gasteiger partial charge in [0, 0.05) is 29.6 Å². The highest BCUT2D eigenvalue weighted by Crippen LogP contribution is 2.40. The molecule has 1 aliphatic heterocycles. The van der Waals surface area contributed by atoms with Crippen LogP contribution in [0.25, 0.3) is 0 Å². The SMILES string of the molecule is CCCCCCCCOC[C@@H]1CO[C@@](Cn2ccnc2)(c2ccc(Cl)cc2Cl)O1. The minimum absolute atomic E-state index is 0.148. The van der Waals surface area contributed by atoms with Crippen LogP contribution < -0.4 is 0 Å². The van der Waals surface area contributed by atoms with Gasteiger partial charge in [-0.15, -0.1) is 0 Å². The van der Waals surface area contributed by atoms with E-state index in [4.69, 9.17) is 37.4 Å². The number of imidazole rings is 1. The van der Waals surface area contributed by atoms with Gasteiger partial charge in [0.2, 0.25) is 5.79 Å². The van der Waals surface area contributed by atoms with Gasteiger partial charge in [-0.25, -0.2) is 4.98 Å². The highest BCUT2D eigenvalue weighted by atomic mass is 35.5. The summed E-state index contributed by atoms with van der Waals surface area (Å²) in [5, 5.41) is 1.10. The molecule has 1 saturated heterocycles. The fourth-order valence-corrected chi connectivity index (χ4v) is 4.13. The lowest BCUT2D eigenvalue weighted by atomic mass is 10.1. The molecule has 1 aromatic carbocycles. The fraction of sp³-hybridized carbons (Fsp3) is 0.591. The van der Waals surface area contributed by atoms with E-state index in [9.17, 15) is 0 Å². The topological polar surface area (TPSA) is 45.5 Å². The third kappa shape index (κ3) is 6.43. The average Bonchev–Trinajstić information content (AvgIpc) is 3.35. The van der Waals surface area contributed by atoms with Crippen molar-refractivity contribution in [1.29, 1.82) is 0 Å². The number of hydrogen-bond donors (Lipinski definition) is 0. The van der Waals surface area contributed by atoms with Gasteiger partial charge < -0.3 is 18.8 Å². The molecule has 5 nitrogen and oxygen atoms in total. The van der Waals surface area contributed by atoms with Crippen molar-refractivity contribution in [1.82, 2.24) is 9.55 Å². The Morgan fingerprint density at radius 3 is 2.79 bits per heavy atom. The van der Waals surface area contributed by atoms with Crippen molar-refractivity contribution in [3.63, 3.8) is 0 Å². The summed E-state index contributed by atoms with van der Waals surface area (Å²) in [4.78, 5) is 4.11. The first-order valence-corrected chi connectivity index (χ1v) is 11.2. The first-order chi connectivity index (χ1) is 14.1. The molecule has 0 saturated carbocycles. The Hall–Kier alpha value is -1.11. The molecule has 1 aliphatic rings. The van der Waals surface area contributed by atoms with Gasteiger partial charge in [0.05, 0.1) is 31.1 Å². The minimum atomic E-state index is -0.990. The van der Waals surface area contributed by atoms with Crippen molar-refractivity contribution < 1.29 is 14.2 Å². The van der Waals surface area contributed by atoms with Crippen LogP contribution in [0.1, 0.15) is 51.0 Å². The first-order valence-electron chi connectivity index (χ1n) is 10.4. The van der Waals surface area contributed by atoms with Crippen molar-refractivity contribution in [3.8, 4) is 0 Å². The third-order valence-electron chi connectivity index (χ3n) is 5.10. The van der Waals surface area contributed by atoms with Gasteiger partial charge in [0.1, 0.15) is 6.10 Å². The van der Waals surface area contributed by atoms with Gasteiger partial charge in [-0.2, -0.15) is 0 Å². The van der Waals surface area contributed by atoms with Crippen molar-refractivity contribution in [2.24, 2.45) is 0 Å². The van der Waals surface area contributed by atoms with Crippen molar-refractivity contribution >= 4 is 23.2 Å². The molecule has 2 aromatic rings. The Morgan fingerprint density at radius 2 is 2.03 bits per heavy atom. The molecule has 1 aromatic heterocycles. The van der Waals surface area contributed by atoms with E-state index in [1.165, 1.54) is 32.1 Å². The van der Waals surface area contributed by atoms with Crippen LogP contribution in [-0.4, -0.2) is 35.5 Å². The summed E-state index contributed by atoms with van der Waals surface area (Å²) >= 11 is 12.6. The highest BCUT2D eigenvalue weighted by molar-refractivity contribution is 6.35. The number of nitrogens with zero attached hydrogens (tertiary/aromatic N) is 2. The summed E-state index contributed by atoms with van der Waals surface area (Å²) in [6, 6.07) is 5.37. The molecule has 0 amide bonds. The van der Waals surface area contributed by atoms with Gasteiger partial charge in [-0.05, 0) is 18.6 Å². The molecule has 0 spiro atoms. The van der Waals surface area contributed by atoms with Crippen LogP contribution in [0.5, 0.6) is 0 Å². The molecule has 0 aliphatic carbocycles.